The van der Waals surface area contributed by atoms with E-state index in [1.807, 2.05) is 6.07 Å². The fourth-order valence-electron chi connectivity index (χ4n) is 3.43. The van der Waals surface area contributed by atoms with Gasteiger partial charge in [0.25, 0.3) is 11.8 Å². The largest absolute Gasteiger partial charge is 0.462 e. The smallest absolute Gasteiger partial charge is 0.338 e. The number of benzene rings is 1. The van der Waals surface area contributed by atoms with E-state index >= 15 is 0 Å². The van der Waals surface area contributed by atoms with E-state index in [0.29, 0.717) is 37.6 Å². The van der Waals surface area contributed by atoms with Crippen molar-refractivity contribution in [2.24, 2.45) is 0 Å². The van der Waals surface area contributed by atoms with Gasteiger partial charge < -0.3 is 14.0 Å². The molecule has 3 aromatic rings. The van der Waals surface area contributed by atoms with Gasteiger partial charge in [0, 0.05) is 44.6 Å². The number of nitrogens with zero attached hydrogens (tertiary/aromatic N) is 4. The summed E-state index contributed by atoms with van der Waals surface area (Å²) in [7, 11) is 1.56. The number of hydrogen-bond acceptors (Lipinski definition) is 9. The molecule has 0 unspecified atom stereocenters. The zero-order valence-electron chi connectivity index (χ0n) is 18.0. The Morgan fingerprint density at radius 1 is 1.09 bits per heavy atom. The number of carbonyl (C=O) groups excluding carboxylic acids is 3. The second-order valence-electron chi connectivity index (χ2n) is 7.36. The van der Waals surface area contributed by atoms with Crippen molar-refractivity contribution in [2.45, 2.75) is 19.3 Å². The van der Waals surface area contributed by atoms with Crippen LogP contribution in [0.4, 0.5) is 0 Å². The minimum Gasteiger partial charge on any atom is -0.462 e. The van der Waals surface area contributed by atoms with Crippen LogP contribution in [-0.4, -0.2) is 64.7 Å². The molecular weight excluding hydrogens is 428 g/mol. The van der Waals surface area contributed by atoms with Gasteiger partial charge in [0.2, 0.25) is 11.7 Å². The van der Waals surface area contributed by atoms with Crippen LogP contribution in [0.5, 0.6) is 0 Å². The third-order valence-corrected chi connectivity index (χ3v) is 5.09. The molecule has 1 aliphatic rings. The average Bonchev–Trinajstić information content (AvgIpc) is 3.41. The zero-order valence-corrected chi connectivity index (χ0v) is 18.0. The summed E-state index contributed by atoms with van der Waals surface area (Å²) in [6.07, 6.45) is 4.77. The number of imide groups is 1. The zero-order chi connectivity index (χ0) is 23.2. The second kappa shape index (κ2) is 10.1. The topological polar surface area (TPSA) is 125 Å². The first kappa shape index (κ1) is 22.3. The minimum atomic E-state index is -0.572. The molecule has 0 saturated heterocycles. The number of fused-ring (bicyclic) bond motifs is 1. The highest BCUT2D eigenvalue weighted by molar-refractivity contribution is 6.21. The van der Waals surface area contributed by atoms with E-state index in [9.17, 15) is 14.4 Å². The molecule has 0 saturated carbocycles. The van der Waals surface area contributed by atoms with Gasteiger partial charge in [-0.05, 0) is 43.2 Å². The lowest BCUT2D eigenvalue weighted by Crippen LogP contribution is -2.31. The Labute approximate surface area is 189 Å². The van der Waals surface area contributed by atoms with E-state index in [2.05, 4.69) is 15.1 Å². The molecule has 10 nitrogen and oxygen atoms in total. The Morgan fingerprint density at radius 3 is 2.73 bits per heavy atom. The standard InChI is InChI=1S/C23H22N4O6/c1-31-11-4-10-27-21(28)17-8-7-15(13-18(17)22(27)29)23(30)32-12-3-6-19-25-20(26-33-19)16-5-2-9-24-14-16/h2,5,7-9,13-14H,3-4,6,10-12H2,1H3. The predicted octanol–water partition coefficient (Wildman–Crippen LogP) is 2.55. The lowest BCUT2D eigenvalue weighted by atomic mass is 10.1. The maximum Gasteiger partial charge on any atom is 0.338 e. The van der Waals surface area contributed by atoms with E-state index in [1.54, 1.807) is 25.6 Å². The van der Waals surface area contributed by atoms with Crippen LogP contribution in [0, 0.1) is 0 Å². The number of amides is 2. The molecule has 0 spiro atoms. The number of carbonyl (C=O) groups is 3. The highest BCUT2D eigenvalue weighted by Gasteiger charge is 2.35. The molecule has 3 heterocycles. The number of aryl methyl sites for hydroxylation is 1. The number of hydrogen-bond donors (Lipinski definition) is 0. The molecule has 33 heavy (non-hydrogen) atoms. The highest BCUT2D eigenvalue weighted by Crippen LogP contribution is 2.24. The first-order valence-corrected chi connectivity index (χ1v) is 10.5. The van der Waals surface area contributed by atoms with Crippen molar-refractivity contribution in [1.29, 1.82) is 0 Å². The van der Waals surface area contributed by atoms with Gasteiger partial charge in [0.1, 0.15) is 0 Å². The van der Waals surface area contributed by atoms with Crippen LogP contribution in [0.2, 0.25) is 0 Å². The van der Waals surface area contributed by atoms with Crippen LogP contribution in [0.25, 0.3) is 11.4 Å². The third kappa shape index (κ3) is 4.96. The van der Waals surface area contributed by atoms with Crippen molar-refractivity contribution in [3.63, 3.8) is 0 Å². The molecule has 4 rings (SSSR count). The van der Waals surface area contributed by atoms with E-state index < -0.39 is 11.9 Å². The van der Waals surface area contributed by atoms with Gasteiger partial charge in [-0.3, -0.25) is 19.5 Å². The molecule has 170 valence electrons. The summed E-state index contributed by atoms with van der Waals surface area (Å²) < 4.78 is 15.5. The predicted molar refractivity (Wildman–Crippen MR) is 114 cm³/mol. The first-order chi connectivity index (χ1) is 16.1. The van der Waals surface area contributed by atoms with E-state index in [1.165, 1.54) is 23.1 Å². The molecule has 0 fully saturated rings. The van der Waals surface area contributed by atoms with Crippen LogP contribution in [0.1, 0.15) is 49.8 Å². The molecule has 1 aromatic carbocycles. The van der Waals surface area contributed by atoms with Crippen molar-refractivity contribution in [1.82, 2.24) is 20.0 Å². The van der Waals surface area contributed by atoms with Gasteiger partial charge in [0.15, 0.2) is 0 Å². The number of ether oxygens (including phenoxy) is 2. The summed E-state index contributed by atoms with van der Waals surface area (Å²) >= 11 is 0. The molecule has 0 atom stereocenters. The summed E-state index contributed by atoms with van der Waals surface area (Å²) in [5.74, 6) is -0.473. The molecule has 0 radical (unpaired) electrons. The van der Waals surface area contributed by atoms with Gasteiger partial charge in [0.05, 0.1) is 23.3 Å². The molecule has 0 N–H and O–H groups in total. The molecule has 2 aromatic heterocycles. The van der Waals surface area contributed by atoms with Crippen molar-refractivity contribution in [2.75, 3.05) is 26.9 Å². The number of rotatable bonds is 10. The summed E-state index contributed by atoms with van der Waals surface area (Å²) in [5, 5.41) is 3.92. The third-order valence-electron chi connectivity index (χ3n) is 5.09. The number of pyridine rings is 1. The summed E-state index contributed by atoms with van der Waals surface area (Å²) in [5.41, 5.74) is 1.46. The SMILES string of the molecule is COCCCN1C(=O)c2ccc(C(=O)OCCCc3nc(-c4cccnc4)no3)cc2C1=O. The molecule has 2 amide bonds. The van der Waals surface area contributed by atoms with Crippen LogP contribution >= 0.6 is 0 Å². The van der Waals surface area contributed by atoms with Gasteiger partial charge in [-0.15, -0.1) is 0 Å². The van der Waals surface area contributed by atoms with Crippen molar-refractivity contribution >= 4 is 17.8 Å². The minimum absolute atomic E-state index is 0.135. The number of aromatic nitrogens is 3. The van der Waals surface area contributed by atoms with Gasteiger partial charge >= 0.3 is 5.97 Å². The molecule has 10 heteroatoms. The highest BCUT2D eigenvalue weighted by atomic mass is 16.5. The van der Waals surface area contributed by atoms with Gasteiger partial charge in [-0.25, -0.2) is 4.79 Å². The lowest BCUT2D eigenvalue weighted by Gasteiger charge is -2.12. The normalized spacial score (nSPS) is 12.8. The quantitative estimate of drug-likeness (QED) is 0.260. The summed E-state index contributed by atoms with van der Waals surface area (Å²) in [6, 6.07) is 8.00. The molecular formula is C23H22N4O6. The first-order valence-electron chi connectivity index (χ1n) is 10.5. The number of esters is 1. The van der Waals surface area contributed by atoms with E-state index in [-0.39, 0.29) is 35.7 Å². The van der Waals surface area contributed by atoms with Crippen LogP contribution in [0.3, 0.4) is 0 Å². The van der Waals surface area contributed by atoms with E-state index in [4.69, 9.17) is 14.0 Å². The van der Waals surface area contributed by atoms with Gasteiger partial charge in [-0.2, -0.15) is 4.98 Å². The Morgan fingerprint density at radius 2 is 1.94 bits per heavy atom. The van der Waals surface area contributed by atoms with Crippen molar-refractivity contribution in [3.8, 4) is 11.4 Å². The van der Waals surface area contributed by atoms with E-state index in [0.717, 1.165) is 5.56 Å². The summed E-state index contributed by atoms with van der Waals surface area (Å²) in [6.45, 7) is 0.841. The number of methoxy groups -OCH3 is 1. The maximum atomic E-state index is 12.6. The Bertz CT molecular complexity index is 1160. The lowest BCUT2D eigenvalue weighted by molar-refractivity contribution is 0.0497. The summed E-state index contributed by atoms with van der Waals surface area (Å²) in [4.78, 5) is 46.9. The molecule has 1 aliphatic heterocycles. The Hall–Kier alpha value is -3.92. The molecule has 0 aliphatic carbocycles. The fourth-order valence-corrected chi connectivity index (χ4v) is 3.43. The monoisotopic (exact) mass is 450 g/mol. The molecule has 0 bridgehead atoms. The van der Waals surface area contributed by atoms with Crippen molar-refractivity contribution < 1.29 is 28.4 Å². The van der Waals surface area contributed by atoms with Crippen LogP contribution in [0.15, 0.2) is 47.2 Å². The maximum absolute atomic E-state index is 12.6. The Kier molecular flexibility index (Phi) is 6.84. The second-order valence-corrected chi connectivity index (χ2v) is 7.36. The average molecular weight is 450 g/mol. The van der Waals surface area contributed by atoms with Gasteiger partial charge in [-0.1, -0.05) is 5.16 Å². The fraction of sp³-hybridized carbons (Fsp3) is 0.304. The van der Waals surface area contributed by atoms with Crippen LogP contribution in [-0.2, 0) is 15.9 Å². The Balaban J connectivity index is 1.29. The van der Waals surface area contributed by atoms with Crippen molar-refractivity contribution in [3.05, 3.63) is 65.3 Å². The van der Waals surface area contributed by atoms with Crippen LogP contribution < -0.4 is 0 Å².